The number of nitrogens with zero attached hydrogens (tertiary/aromatic N) is 3. The minimum atomic E-state index is -1.08. The number of hydrogen-bond donors (Lipinski definition) is 2. The molecule has 3 rings (SSSR count). The van der Waals surface area contributed by atoms with E-state index < -0.39 is 5.97 Å². The number of carboxylic acids is 1. The van der Waals surface area contributed by atoms with Crippen molar-refractivity contribution in [2.75, 3.05) is 5.73 Å². The van der Waals surface area contributed by atoms with E-state index in [1.54, 1.807) is 6.07 Å². The molecule has 0 saturated carbocycles. The monoisotopic (exact) mass is 268 g/mol. The second-order valence-corrected chi connectivity index (χ2v) is 4.53. The van der Waals surface area contributed by atoms with Gasteiger partial charge in [-0.15, -0.1) is 0 Å². The second kappa shape index (κ2) is 4.34. The smallest absolute Gasteiger partial charge is 0.341 e. The molecule has 0 bridgehead atoms. The molecular weight excluding hydrogens is 256 g/mol. The van der Waals surface area contributed by atoms with Crippen molar-refractivity contribution >= 4 is 17.4 Å². The van der Waals surface area contributed by atoms with Crippen molar-refractivity contribution in [2.24, 2.45) is 0 Å². The highest BCUT2D eigenvalue weighted by Crippen LogP contribution is 2.22. The van der Waals surface area contributed by atoms with Crippen LogP contribution in [-0.2, 0) is 0 Å². The Morgan fingerprint density at radius 2 is 2.00 bits per heavy atom. The van der Waals surface area contributed by atoms with Crippen LogP contribution in [0.25, 0.3) is 16.9 Å². The molecule has 0 fully saturated rings. The molecule has 0 aliphatic carbocycles. The summed E-state index contributed by atoms with van der Waals surface area (Å²) >= 11 is 0. The molecule has 100 valence electrons. The predicted molar refractivity (Wildman–Crippen MR) is 74.5 cm³/mol. The van der Waals surface area contributed by atoms with Gasteiger partial charge in [0, 0.05) is 11.6 Å². The highest BCUT2D eigenvalue weighted by molar-refractivity contribution is 5.94. The molecule has 6 heteroatoms. The maximum absolute atomic E-state index is 11.1. The van der Waals surface area contributed by atoms with E-state index in [2.05, 4.69) is 10.1 Å². The molecule has 20 heavy (non-hydrogen) atoms. The van der Waals surface area contributed by atoms with Gasteiger partial charge in [-0.1, -0.05) is 29.8 Å². The summed E-state index contributed by atoms with van der Waals surface area (Å²) in [6, 6.07) is 9.45. The highest BCUT2D eigenvalue weighted by Gasteiger charge is 2.15. The lowest BCUT2D eigenvalue weighted by atomic mass is 10.1. The van der Waals surface area contributed by atoms with Crippen molar-refractivity contribution in [2.45, 2.75) is 6.92 Å². The molecule has 0 aliphatic heterocycles. The summed E-state index contributed by atoms with van der Waals surface area (Å²) in [5.74, 6) is -0.731. The third-order valence-electron chi connectivity index (χ3n) is 3.08. The molecule has 0 saturated heterocycles. The van der Waals surface area contributed by atoms with Crippen LogP contribution in [0.2, 0.25) is 0 Å². The van der Waals surface area contributed by atoms with Crippen LogP contribution in [0, 0.1) is 6.92 Å². The van der Waals surface area contributed by atoms with Crippen LogP contribution in [-0.4, -0.2) is 25.7 Å². The summed E-state index contributed by atoms with van der Waals surface area (Å²) in [5.41, 5.74) is 8.82. The van der Waals surface area contributed by atoms with Gasteiger partial charge in [0.25, 0.3) is 0 Å². The zero-order valence-electron chi connectivity index (χ0n) is 10.7. The Labute approximate surface area is 114 Å². The zero-order chi connectivity index (χ0) is 14.3. The number of aromatic nitrogens is 3. The molecule has 0 spiro atoms. The molecule has 0 unspecified atom stereocenters. The van der Waals surface area contributed by atoms with E-state index in [0.29, 0.717) is 11.5 Å². The molecule has 3 aromatic rings. The molecular formula is C14H12N4O2. The molecule has 6 nitrogen and oxygen atoms in total. The minimum absolute atomic E-state index is 0.0330. The third kappa shape index (κ3) is 1.87. The molecule has 0 atom stereocenters. The Morgan fingerprint density at radius 1 is 1.30 bits per heavy atom. The van der Waals surface area contributed by atoms with Crippen molar-refractivity contribution in [1.29, 1.82) is 0 Å². The number of anilines is 1. The van der Waals surface area contributed by atoms with E-state index in [4.69, 9.17) is 10.8 Å². The summed E-state index contributed by atoms with van der Waals surface area (Å²) in [6.07, 6.45) is 1.25. The molecule has 2 heterocycles. The number of carboxylic acid groups (broad SMARTS) is 1. The van der Waals surface area contributed by atoms with Crippen LogP contribution in [0.5, 0.6) is 0 Å². The van der Waals surface area contributed by atoms with Gasteiger partial charge in [0.15, 0.2) is 5.65 Å². The second-order valence-electron chi connectivity index (χ2n) is 4.53. The quantitative estimate of drug-likeness (QED) is 0.741. The number of nitrogen functional groups attached to an aromatic ring is 1. The summed E-state index contributed by atoms with van der Waals surface area (Å²) in [7, 11) is 0. The Kier molecular flexibility index (Phi) is 2.64. The largest absolute Gasteiger partial charge is 0.477 e. The molecule has 1 aromatic carbocycles. The Bertz CT molecular complexity index is 806. The van der Waals surface area contributed by atoms with Crippen LogP contribution in [0.1, 0.15) is 15.9 Å². The molecule has 3 N–H and O–H groups in total. The van der Waals surface area contributed by atoms with E-state index in [9.17, 15) is 4.79 Å². The van der Waals surface area contributed by atoms with Crippen LogP contribution >= 0.6 is 0 Å². The van der Waals surface area contributed by atoms with Gasteiger partial charge in [-0.25, -0.2) is 9.78 Å². The van der Waals surface area contributed by atoms with Gasteiger partial charge < -0.3 is 10.8 Å². The lowest BCUT2D eigenvalue weighted by Crippen LogP contribution is -2.03. The lowest BCUT2D eigenvalue weighted by Gasteiger charge is -2.05. The Morgan fingerprint density at radius 3 is 2.65 bits per heavy atom. The van der Waals surface area contributed by atoms with E-state index in [1.807, 2.05) is 31.2 Å². The Hall–Kier alpha value is -2.89. The van der Waals surface area contributed by atoms with Crippen LogP contribution in [0.4, 0.5) is 5.82 Å². The number of fused-ring (bicyclic) bond motifs is 1. The summed E-state index contributed by atoms with van der Waals surface area (Å²) < 4.78 is 1.32. The number of carbonyl (C=O) groups is 1. The number of benzene rings is 1. The normalized spacial score (nSPS) is 10.8. The van der Waals surface area contributed by atoms with Crippen molar-refractivity contribution in [3.05, 3.63) is 47.7 Å². The molecule has 0 radical (unpaired) electrons. The minimum Gasteiger partial charge on any atom is -0.477 e. The summed E-state index contributed by atoms with van der Waals surface area (Å²) in [5, 5.41) is 13.1. The van der Waals surface area contributed by atoms with Gasteiger partial charge in [-0.05, 0) is 6.92 Å². The fourth-order valence-electron chi connectivity index (χ4n) is 2.01. The first-order valence-corrected chi connectivity index (χ1v) is 6.01. The van der Waals surface area contributed by atoms with Crippen LogP contribution in [0.15, 0.2) is 36.5 Å². The van der Waals surface area contributed by atoms with Gasteiger partial charge in [0.2, 0.25) is 0 Å². The summed E-state index contributed by atoms with van der Waals surface area (Å²) in [6.45, 7) is 1.99. The molecule has 2 aromatic heterocycles. The number of hydrogen-bond acceptors (Lipinski definition) is 4. The van der Waals surface area contributed by atoms with E-state index in [1.165, 1.54) is 10.7 Å². The van der Waals surface area contributed by atoms with Crippen molar-refractivity contribution < 1.29 is 9.90 Å². The standard InChI is InChI=1S/C14H12N4O2/c1-8-2-4-9(5-3-8)11-6-12(15)18-13(17-11)10(7-16-18)14(19)20/h2-7H,15H2,1H3,(H,19,20). The van der Waals surface area contributed by atoms with Crippen molar-refractivity contribution in [3.63, 3.8) is 0 Å². The maximum Gasteiger partial charge on any atom is 0.341 e. The number of rotatable bonds is 2. The van der Waals surface area contributed by atoms with Gasteiger partial charge in [0.05, 0.1) is 11.9 Å². The first-order valence-electron chi connectivity index (χ1n) is 6.01. The first kappa shape index (κ1) is 12.2. The van der Waals surface area contributed by atoms with Gasteiger partial charge in [0.1, 0.15) is 11.4 Å². The number of nitrogens with two attached hydrogens (primary N) is 1. The highest BCUT2D eigenvalue weighted by atomic mass is 16.4. The first-order chi connectivity index (χ1) is 9.56. The fourth-order valence-corrected chi connectivity index (χ4v) is 2.01. The van der Waals surface area contributed by atoms with Gasteiger partial charge in [-0.2, -0.15) is 9.61 Å². The van der Waals surface area contributed by atoms with Crippen molar-refractivity contribution in [3.8, 4) is 11.3 Å². The van der Waals surface area contributed by atoms with E-state index >= 15 is 0 Å². The predicted octanol–water partition coefficient (Wildman–Crippen LogP) is 1.99. The topological polar surface area (TPSA) is 93.5 Å². The van der Waals surface area contributed by atoms with E-state index in [-0.39, 0.29) is 11.2 Å². The maximum atomic E-state index is 11.1. The Balaban J connectivity index is 2.24. The third-order valence-corrected chi connectivity index (χ3v) is 3.08. The van der Waals surface area contributed by atoms with Gasteiger partial charge >= 0.3 is 5.97 Å². The van der Waals surface area contributed by atoms with Crippen LogP contribution in [0.3, 0.4) is 0 Å². The zero-order valence-corrected chi connectivity index (χ0v) is 10.7. The lowest BCUT2D eigenvalue weighted by molar-refractivity contribution is 0.0699. The van der Waals surface area contributed by atoms with E-state index in [0.717, 1.165) is 11.1 Å². The summed E-state index contributed by atoms with van der Waals surface area (Å²) in [4.78, 5) is 15.5. The fraction of sp³-hybridized carbons (Fsp3) is 0.0714. The number of aromatic carboxylic acids is 1. The van der Waals surface area contributed by atoms with Gasteiger partial charge in [-0.3, -0.25) is 0 Å². The average molecular weight is 268 g/mol. The number of aryl methyl sites for hydroxylation is 1. The molecule has 0 aliphatic rings. The van der Waals surface area contributed by atoms with Crippen molar-refractivity contribution in [1.82, 2.24) is 14.6 Å². The molecule has 0 amide bonds. The average Bonchev–Trinajstić information content (AvgIpc) is 2.84. The van der Waals surface area contributed by atoms with Crippen LogP contribution < -0.4 is 5.73 Å². The SMILES string of the molecule is Cc1ccc(-c2cc(N)n3ncc(C(=O)O)c3n2)cc1.